The molecule has 1 aliphatic heterocycles. The van der Waals surface area contributed by atoms with E-state index in [0.717, 1.165) is 5.56 Å². The van der Waals surface area contributed by atoms with Gasteiger partial charge in [0.05, 0.1) is 26.2 Å². The van der Waals surface area contributed by atoms with Crippen molar-refractivity contribution in [2.24, 2.45) is 0 Å². The molecule has 0 saturated heterocycles. The third kappa shape index (κ3) is 3.22. The van der Waals surface area contributed by atoms with Gasteiger partial charge in [-0.15, -0.1) is 11.8 Å². The third-order valence-corrected chi connectivity index (χ3v) is 5.06. The maximum atomic E-state index is 13.8. The van der Waals surface area contributed by atoms with Crippen LogP contribution in [0.5, 0.6) is 17.2 Å². The van der Waals surface area contributed by atoms with Crippen LogP contribution in [0.4, 0.5) is 4.39 Å². The number of benzene rings is 2. The van der Waals surface area contributed by atoms with E-state index in [0.29, 0.717) is 39.0 Å². The first-order chi connectivity index (χ1) is 12.1. The summed E-state index contributed by atoms with van der Waals surface area (Å²) in [6.07, 6.45) is 1.77. The van der Waals surface area contributed by atoms with Gasteiger partial charge in [0.1, 0.15) is 5.82 Å². The van der Waals surface area contributed by atoms with Crippen molar-refractivity contribution >= 4 is 23.6 Å². The number of methoxy groups -OCH3 is 3. The van der Waals surface area contributed by atoms with Crippen LogP contribution in [0, 0.1) is 5.82 Å². The Hall–Kier alpha value is -2.47. The Bertz CT molecular complexity index is 835. The van der Waals surface area contributed by atoms with E-state index in [1.807, 2.05) is 0 Å². The normalized spacial score (nSPS) is 15.0. The number of halogens is 1. The molecule has 25 heavy (non-hydrogen) atoms. The quantitative estimate of drug-likeness (QED) is 0.764. The molecule has 130 valence electrons. The Morgan fingerprint density at radius 1 is 1.08 bits per heavy atom. The van der Waals surface area contributed by atoms with Crippen molar-refractivity contribution in [3.8, 4) is 17.2 Å². The fourth-order valence-corrected chi connectivity index (χ4v) is 3.75. The fourth-order valence-electron chi connectivity index (χ4n) is 2.72. The molecular formula is C19H17FO4S. The van der Waals surface area contributed by atoms with Crippen LogP contribution in [-0.2, 0) is 0 Å². The first-order valence-corrected chi connectivity index (χ1v) is 8.54. The van der Waals surface area contributed by atoms with Gasteiger partial charge in [-0.05, 0) is 35.9 Å². The average Bonchev–Trinajstić information content (AvgIpc) is 2.63. The van der Waals surface area contributed by atoms with Crippen LogP contribution in [0.25, 0.3) is 6.08 Å². The zero-order valence-electron chi connectivity index (χ0n) is 14.1. The maximum Gasteiger partial charge on any atom is 0.203 e. The molecule has 1 heterocycles. The van der Waals surface area contributed by atoms with E-state index in [-0.39, 0.29) is 11.6 Å². The summed E-state index contributed by atoms with van der Waals surface area (Å²) in [4.78, 5) is 13.1. The van der Waals surface area contributed by atoms with E-state index in [9.17, 15) is 9.18 Å². The van der Waals surface area contributed by atoms with E-state index in [4.69, 9.17) is 14.2 Å². The fraction of sp³-hybridized carbons (Fsp3) is 0.211. The van der Waals surface area contributed by atoms with Crippen LogP contribution < -0.4 is 14.2 Å². The zero-order chi connectivity index (χ0) is 18.0. The SMILES string of the molecule is COc1cc(C=C2CSc3c(F)cccc3C2=O)cc(OC)c1OC. The van der Waals surface area contributed by atoms with Crippen LogP contribution in [-0.4, -0.2) is 32.9 Å². The van der Waals surface area contributed by atoms with Crippen LogP contribution >= 0.6 is 11.8 Å². The molecule has 2 aromatic carbocycles. The largest absolute Gasteiger partial charge is 0.493 e. The van der Waals surface area contributed by atoms with Gasteiger partial charge < -0.3 is 14.2 Å². The van der Waals surface area contributed by atoms with Crippen LogP contribution in [0.1, 0.15) is 15.9 Å². The minimum atomic E-state index is -0.359. The molecule has 0 bridgehead atoms. The lowest BCUT2D eigenvalue weighted by Crippen LogP contribution is -2.13. The van der Waals surface area contributed by atoms with Crippen molar-refractivity contribution < 1.29 is 23.4 Å². The van der Waals surface area contributed by atoms with Gasteiger partial charge in [-0.2, -0.15) is 0 Å². The van der Waals surface area contributed by atoms with Gasteiger partial charge in [-0.25, -0.2) is 4.39 Å². The smallest absolute Gasteiger partial charge is 0.203 e. The van der Waals surface area contributed by atoms with Gasteiger partial charge in [-0.3, -0.25) is 4.79 Å². The van der Waals surface area contributed by atoms with Crippen molar-refractivity contribution in [3.63, 3.8) is 0 Å². The molecule has 0 fully saturated rings. The number of ketones is 1. The number of fused-ring (bicyclic) bond motifs is 1. The average molecular weight is 360 g/mol. The van der Waals surface area contributed by atoms with Crippen LogP contribution in [0.3, 0.4) is 0 Å². The van der Waals surface area contributed by atoms with Gasteiger partial charge in [0.2, 0.25) is 5.75 Å². The lowest BCUT2D eigenvalue weighted by Gasteiger charge is -2.18. The summed E-state index contributed by atoms with van der Waals surface area (Å²) in [6.45, 7) is 0. The molecule has 0 amide bonds. The second kappa shape index (κ2) is 7.19. The molecule has 1 aliphatic rings. The van der Waals surface area contributed by atoms with E-state index in [1.165, 1.54) is 39.2 Å². The van der Waals surface area contributed by atoms with Crippen molar-refractivity contribution in [3.05, 3.63) is 52.8 Å². The Kier molecular flexibility index (Phi) is 4.99. The molecule has 0 radical (unpaired) electrons. The molecular weight excluding hydrogens is 343 g/mol. The molecule has 2 aromatic rings. The predicted molar refractivity (Wildman–Crippen MR) is 95.5 cm³/mol. The Balaban J connectivity index is 2.03. The molecule has 0 atom stereocenters. The highest BCUT2D eigenvalue weighted by molar-refractivity contribution is 7.99. The monoisotopic (exact) mass is 360 g/mol. The standard InChI is InChI=1S/C19H17FO4S/c1-22-15-8-11(9-16(23-2)18(15)24-3)7-12-10-25-19-13(17(12)21)5-4-6-14(19)20/h4-9H,10H2,1-3H3. The Labute approximate surface area is 149 Å². The zero-order valence-corrected chi connectivity index (χ0v) is 14.9. The number of ether oxygens (including phenoxy) is 3. The molecule has 0 aromatic heterocycles. The first kappa shape index (κ1) is 17.4. The van der Waals surface area contributed by atoms with Gasteiger partial charge in [0, 0.05) is 16.9 Å². The minimum Gasteiger partial charge on any atom is -0.493 e. The van der Waals surface area contributed by atoms with E-state index < -0.39 is 0 Å². The molecule has 0 spiro atoms. The van der Waals surface area contributed by atoms with E-state index in [1.54, 1.807) is 30.3 Å². The maximum absolute atomic E-state index is 13.8. The van der Waals surface area contributed by atoms with Gasteiger partial charge >= 0.3 is 0 Å². The highest BCUT2D eigenvalue weighted by atomic mass is 32.2. The summed E-state index contributed by atoms with van der Waals surface area (Å²) in [6, 6.07) is 8.11. The number of carbonyl (C=O) groups excluding carboxylic acids is 1. The van der Waals surface area contributed by atoms with E-state index >= 15 is 0 Å². The second-order valence-electron chi connectivity index (χ2n) is 5.36. The topological polar surface area (TPSA) is 44.8 Å². The lowest BCUT2D eigenvalue weighted by molar-refractivity contribution is 0.103. The number of carbonyl (C=O) groups is 1. The van der Waals surface area contributed by atoms with Crippen molar-refractivity contribution in [1.29, 1.82) is 0 Å². The second-order valence-corrected chi connectivity index (χ2v) is 6.35. The highest BCUT2D eigenvalue weighted by Crippen LogP contribution is 2.40. The molecule has 0 N–H and O–H groups in total. The number of rotatable bonds is 4. The minimum absolute atomic E-state index is 0.165. The highest BCUT2D eigenvalue weighted by Gasteiger charge is 2.25. The predicted octanol–water partition coefficient (Wildman–Crippen LogP) is 4.22. The van der Waals surface area contributed by atoms with Gasteiger partial charge in [0.25, 0.3) is 0 Å². The Morgan fingerprint density at radius 3 is 2.36 bits per heavy atom. The summed E-state index contributed by atoms with van der Waals surface area (Å²) < 4.78 is 29.8. The molecule has 0 unspecified atom stereocenters. The first-order valence-electron chi connectivity index (χ1n) is 7.55. The summed E-state index contributed by atoms with van der Waals surface area (Å²) in [5.41, 5.74) is 1.74. The summed E-state index contributed by atoms with van der Waals surface area (Å²) >= 11 is 1.32. The number of hydrogen-bond donors (Lipinski definition) is 0. The van der Waals surface area contributed by atoms with Crippen LogP contribution in [0.2, 0.25) is 0 Å². The van der Waals surface area contributed by atoms with Crippen molar-refractivity contribution in [1.82, 2.24) is 0 Å². The third-order valence-electron chi connectivity index (χ3n) is 3.90. The summed E-state index contributed by atoms with van der Waals surface area (Å²) in [5, 5.41) is 0. The number of Topliss-reactive ketones (excluding diaryl/α,β-unsaturated/α-hetero) is 1. The van der Waals surface area contributed by atoms with Gasteiger partial charge in [-0.1, -0.05) is 6.07 Å². The van der Waals surface area contributed by atoms with Crippen LogP contribution in [0.15, 0.2) is 40.8 Å². The lowest BCUT2D eigenvalue weighted by atomic mass is 10.0. The van der Waals surface area contributed by atoms with Gasteiger partial charge in [0.15, 0.2) is 17.3 Å². The molecule has 4 nitrogen and oxygen atoms in total. The molecule has 0 saturated carbocycles. The molecule has 0 aliphatic carbocycles. The molecule has 6 heteroatoms. The summed E-state index contributed by atoms with van der Waals surface area (Å²) in [7, 11) is 4.61. The molecule has 3 rings (SSSR count). The summed E-state index contributed by atoms with van der Waals surface area (Å²) in [5.74, 6) is 1.39. The van der Waals surface area contributed by atoms with E-state index in [2.05, 4.69) is 0 Å². The van der Waals surface area contributed by atoms with Crippen molar-refractivity contribution in [2.75, 3.05) is 27.1 Å². The number of thioether (sulfide) groups is 1. The Morgan fingerprint density at radius 2 is 1.76 bits per heavy atom. The number of hydrogen-bond acceptors (Lipinski definition) is 5. The van der Waals surface area contributed by atoms with Crippen molar-refractivity contribution in [2.45, 2.75) is 4.90 Å².